The first-order valence-corrected chi connectivity index (χ1v) is 6.99. The molecule has 0 bridgehead atoms. The van der Waals surface area contributed by atoms with Crippen LogP contribution in [0.3, 0.4) is 0 Å². The number of nitrogens with two attached hydrogens (primary N) is 1. The number of pyridine rings is 1. The van der Waals surface area contributed by atoms with Crippen LogP contribution < -0.4 is 5.73 Å². The molecule has 0 aromatic carbocycles. The first-order chi connectivity index (χ1) is 8.83. The van der Waals surface area contributed by atoms with E-state index in [0.717, 1.165) is 24.0 Å². The standard InChI is InChI=1S/C14H22N4/c15-13-5-1-6-16-14(13)11-17-7-3-9-18-8-2-4-12(18)10-17/h1,5-6,12H,2-4,7-11,15H2. The zero-order chi connectivity index (χ0) is 12.4. The first kappa shape index (κ1) is 11.9. The third kappa shape index (κ3) is 2.49. The SMILES string of the molecule is Nc1cccnc1CN1CCCN2CCCC2C1. The summed E-state index contributed by atoms with van der Waals surface area (Å²) >= 11 is 0. The molecule has 18 heavy (non-hydrogen) atoms. The van der Waals surface area contributed by atoms with Gasteiger partial charge >= 0.3 is 0 Å². The molecule has 2 saturated heterocycles. The second kappa shape index (κ2) is 5.24. The molecule has 1 atom stereocenters. The number of hydrogen-bond acceptors (Lipinski definition) is 4. The summed E-state index contributed by atoms with van der Waals surface area (Å²) in [5, 5.41) is 0. The van der Waals surface area contributed by atoms with Gasteiger partial charge < -0.3 is 5.73 Å². The Labute approximate surface area is 109 Å². The molecule has 4 heteroatoms. The summed E-state index contributed by atoms with van der Waals surface area (Å²) in [5.74, 6) is 0. The molecule has 0 amide bonds. The Morgan fingerprint density at radius 2 is 2.17 bits per heavy atom. The van der Waals surface area contributed by atoms with Gasteiger partial charge in [0, 0.05) is 25.3 Å². The molecular formula is C14H22N4. The van der Waals surface area contributed by atoms with Crippen molar-refractivity contribution < 1.29 is 0 Å². The number of rotatable bonds is 2. The zero-order valence-electron chi connectivity index (χ0n) is 10.9. The Balaban J connectivity index is 1.67. The van der Waals surface area contributed by atoms with E-state index >= 15 is 0 Å². The molecule has 1 unspecified atom stereocenters. The van der Waals surface area contributed by atoms with Gasteiger partial charge in [-0.1, -0.05) is 0 Å². The Kier molecular flexibility index (Phi) is 3.48. The van der Waals surface area contributed by atoms with Crippen LogP contribution in [0.1, 0.15) is 25.0 Å². The molecule has 1 aromatic heterocycles. The van der Waals surface area contributed by atoms with Crippen LogP contribution in [0.2, 0.25) is 0 Å². The first-order valence-electron chi connectivity index (χ1n) is 6.99. The third-order valence-electron chi connectivity index (χ3n) is 4.19. The molecule has 3 heterocycles. The fourth-order valence-electron chi connectivity index (χ4n) is 3.22. The van der Waals surface area contributed by atoms with Gasteiger partial charge in [-0.3, -0.25) is 14.8 Å². The van der Waals surface area contributed by atoms with Crippen LogP contribution in [0, 0.1) is 0 Å². The minimum Gasteiger partial charge on any atom is -0.397 e. The maximum atomic E-state index is 5.98. The Bertz CT molecular complexity index is 407. The molecule has 2 N–H and O–H groups in total. The average Bonchev–Trinajstić information content (AvgIpc) is 2.71. The van der Waals surface area contributed by atoms with Crippen LogP contribution in [0.4, 0.5) is 5.69 Å². The zero-order valence-corrected chi connectivity index (χ0v) is 10.9. The number of nitrogen functional groups attached to an aromatic ring is 1. The summed E-state index contributed by atoms with van der Waals surface area (Å²) in [5.41, 5.74) is 7.84. The van der Waals surface area contributed by atoms with Gasteiger partial charge in [0.05, 0.1) is 11.4 Å². The highest BCUT2D eigenvalue weighted by molar-refractivity contribution is 5.41. The van der Waals surface area contributed by atoms with E-state index < -0.39 is 0 Å². The topological polar surface area (TPSA) is 45.4 Å². The molecule has 1 aromatic rings. The van der Waals surface area contributed by atoms with E-state index in [2.05, 4.69) is 14.8 Å². The molecule has 2 aliphatic heterocycles. The van der Waals surface area contributed by atoms with E-state index in [1.807, 2.05) is 18.3 Å². The minimum atomic E-state index is 0.762. The molecular weight excluding hydrogens is 224 g/mol. The highest BCUT2D eigenvalue weighted by Crippen LogP contribution is 2.22. The summed E-state index contributed by atoms with van der Waals surface area (Å²) in [7, 11) is 0. The number of fused-ring (bicyclic) bond motifs is 1. The smallest absolute Gasteiger partial charge is 0.0772 e. The summed E-state index contributed by atoms with van der Waals surface area (Å²) in [6.07, 6.45) is 5.83. The quantitative estimate of drug-likeness (QED) is 0.855. The minimum absolute atomic E-state index is 0.762. The van der Waals surface area contributed by atoms with Crippen molar-refractivity contribution in [2.45, 2.75) is 31.8 Å². The second-order valence-corrected chi connectivity index (χ2v) is 5.46. The van der Waals surface area contributed by atoms with Gasteiger partial charge in [-0.25, -0.2) is 0 Å². The average molecular weight is 246 g/mol. The van der Waals surface area contributed by atoms with E-state index in [-0.39, 0.29) is 0 Å². The van der Waals surface area contributed by atoms with E-state index in [1.54, 1.807) is 0 Å². The molecule has 4 nitrogen and oxygen atoms in total. The van der Waals surface area contributed by atoms with Crippen LogP contribution in [0.5, 0.6) is 0 Å². The molecule has 0 radical (unpaired) electrons. The molecule has 2 aliphatic rings. The van der Waals surface area contributed by atoms with Crippen molar-refractivity contribution >= 4 is 5.69 Å². The lowest BCUT2D eigenvalue weighted by molar-refractivity contribution is 0.214. The molecule has 0 spiro atoms. The fraction of sp³-hybridized carbons (Fsp3) is 0.643. The van der Waals surface area contributed by atoms with Crippen LogP contribution in [0.25, 0.3) is 0 Å². The Hall–Kier alpha value is -1.13. The normalized spacial score (nSPS) is 25.9. The lowest BCUT2D eigenvalue weighted by Crippen LogP contribution is -2.36. The number of hydrogen-bond donors (Lipinski definition) is 1. The fourth-order valence-corrected chi connectivity index (χ4v) is 3.22. The monoisotopic (exact) mass is 246 g/mol. The largest absolute Gasteiger partial charge is 0.397 e. The lowest BCUT2D eigenvalue weighted by Gasteiger charge is -2.25. The highest BCUT2D eigenvalue weighted by Gasteiger charge is 2.28. The van der Waals surface area contributed by atoms with Crippen LogP contribution in [0.15, 0.2) is 18.3 Å². The lowest BCUT2D eigenvalue weighted by atomic mass is 10.2. The van der Waals surface area contributed by atoms with Gasteiger partial charge in [0.2, 0.25) is 0 Å². The van der Waals surface area contributed by atoms with Crippen LogP contribution in [-0.4, -0.2) is 47.0 Å². The van der Waals surface area contributed by atoms with Gasteiger partial charge in [0.15, 0.2) is 0 Å². The summed E-state index contributed by atoms with van der Waals surface area (Å²) < 4.78 is 0. The van der Waals surface area contributed by atoms with Crippen molar-refractivity contribution in [2.24, 2.45) is 0 Å². The van der Waals surface area contributed by atoms with Crippen molar-refractivity contribution in [3.63, 3.8) is 0 Å². The Morgan fingerprint density at radius 3 is 3.06 bits per heavy atom. The molecule has 2 fully saturated rings. The van der Waals surface area contributed by atoms with Crippen LogP contribution >= 0.6 is 0 Å². The Morgan fingerprint density at radius 1 is 1.28 bits per heavy atom. The van der Waals surface area contributed by atoms with Gasteiger partial charge in [-0.05, 0) is 51.0 Å². The third-order valence-corrected chi connectivity index (χ3v) is 4.19. The number of anilines is 1. The van der Waals surface area contributed by atoms with E-state index in [4.69, 9.17) is 5.73 Å². The predicted molar refractivity (Wildman–Crippen MR) is 73.1 cm³/mol. The maximum Gasteiger partial charge on any atom is 0.0772 e. The molecule has 98 valence electrons. The molecule has 0 aliphatic carbocycles. The number of aromatic nitrogens is 1. The summed E-state index contributed by atoms with van der Waals surface area (Å²) in [6.45, 7) is 5.80. The van der Waals surface area contributed by atoms with Crippen molar-refractivity contribution in [3.05, 3.63) is 24.0 Å². The van der Waals surface area contributed by atoms with Crippen LogP contribution in [-0.2, 0) is 6.54 Å². The van der Waals surface area contributed by atoms with Gasteiger partial charge in [0.1, 0.15) is 0 Å². The van der Waals surface area contributed by atoms with Crippen molar-refractivity contribution in [2.75, 3.05) is 31.9 Å². The maximum absolute atomic E-state index is 5.98. The van der Waals surface area contributed by atoms with Crippen molar-refractivity contribution in [1.82, 2.24) is 14.8 Å². The van der Waals surface area contributed by atoms with Crippen molar-refractivity contribution in [1.29, 1.82) is 0 Å². The van der Waals surface area contributed by atoms with Crippen molar-refractivity contribution in [3.8, 4) is 0 Å². The van der Waals surface area contributed by atoms with Gasteiger partial charge in [-0.15, -0.1) is 0 Å². The van der Waals surface area contributed by atoms with E-state index in [1.165, 1.54) is 45.4 Å². The molecule has 0 saturated carbocycles. The van der Waals surface area contributed by atoms with Gasteiger partial charge in [0.25, 0.3) is 0 Å². The number of nitrogens with zero attached hydrogens (tertiary/aromatic N) is 3. The predicted octanol–water partition coefficient (Wildman–Crippen LogP) is 1.33. The highest BCUT2D eigenvalue weighted by atomic mass is 15.3. The second-order valence-electron chi connectivity index (χ2n) is 5.46. The van der Waals surface area contributed by atoms with Gasteiger partial charge in [-0.2, -0.15) is 0 Å². The molecule has 3 rings (SSSR count). The summed E-state index contributed by atoms with van der Waals surface area (Å²) in [6, 6.07) is 4.61. The summed E-state index contributed by atoms with van der Waals surface area (Å²) in [4.78, 5) is 9.59. The van der Waals surface area contributed by atoms with E-state index in [9.17, 15) is 0 Å². The van der Waals surface area contributed by atoms with E-state index in [0.29, 0.717) is 0 Å².